The second-order valence-corrected chi connectivity index (χ2v) is 7.83. The molecule has 0 N–H and O–H groups in total. The summed E-state index contributed by atoms with van der Waals surface area (Å²) in [5.41, 5.74) is 1.88. The average molecular weight is 402 g/mol. The molecule has 0 saturated carbocycles. The van der Waals surface area contributed by atoms with Gasteiger partial charge in [0.25, 0.3) is 0 Å². The number of hydrogen-bond donors (Lipinski definition) is 0. The van der Waals surface area contributed by atoms with E-state index < -0.39 is 0 Å². The highest BCUT2D eigenvalue weighted by Gasteiger charge is 2.07. The van der Waals surface area contributed by atoms with Crippen molar-refractivity contribution in [2.75, 3.05) is 7.05 Å². The number of likely N-dealkylation sites (N-methyl/N-ethyl adjacent to an activating group) is 1. The third kappa shape index (κ3) is 4.21. The van der Waals surface area contributed by atoms with E-state index in [1.165, 1.54) is 0 Å². The fourth-order valence-corrected chi connectivity index (χ4v) is 3.72. The van der Waals surface area contributed by atoms with Crippen LogP contribution in [0.4, 0.5) is 0 Å². The molecule has 0 saturated heterocycles. The number of carbonyl (C=O) groups is 1. The topological polar surface area (TPSA) is 38.1 Å². The first-order valence-electron chi connectivity index (χ1n) is 7.39. The molecule has 0 atom stereocenters. The maximum atomic E-state index is 12.2. The minimum Gasteiger partial charge on any atom is -0.337 e. The predicted molar refractivity (Wildman–Crippen MR) is 101 cm³/mol. The van der Waals surface area contributed by atoms with Crippen molar-refractivity contribution in [3.8, 4) is 5.69 Å². The van der Waals surface area contributed by atoms with Gasteiger partial charge < -0.3 is 4.90 Å². The van der Waals surface area contributed by atoms with Gasteiger partial charge in [0.2, 0.25) is 5.91 Å². The van der Waals surface area contributed by atoms with Crippen LogP contribution >= 0.6 is 27.3 Å². The summed E-state index contributed by atoms with van der Waals surface area (Å²) >= 11 is 5.07. The summed E-state index contributed by atoms with van der Waals surface area (Å²) in [5, 5.41) is 4.32. The molecule has 24 heavy (non-hydrogen) atoms. The summed E-state index contributed by atoms with van der Waals surface area (Å²) in [6, 6.07) is 13.9. The zero-order valence-corrected chi connectivity index (χ0v) is 15.5. The van der Waals surface area contributed by atoms with Gasteiger partial charge in [-0.05, 0) is 46.3 Å². The quantitative estimate of drug-likeness (QED) is 0.595. The van der Waals surface area contributed by atoms with E-state index in [-0.39, 0.29) is 5.91 Å². The van der Waals surface area contributed by atoms with Crippen LogP contribution in [0.15, 0.2) is 64.7 Å². The van der Waals surface area contributed by atoms with E-state index in [1.54, 1.807) is 46.3 Å². The highest BCUT2D eigenvalue weighted by molar-refractivity contribution is 9.11. The molecule has 0 aliphatic carbocycles. The summed E-state index contributed by atoms with van der Waals surface area (Å²) in [7, 11) is 1.80. The molecule has 6 heteroatoms. The molecule has 3 rings (SSSR count). The van der Waals surface area contributed by atoms with Crippen molar-refractivity contribution >= 4 is 39.2 Å². The summed E-state index contributed by atoms with van der Waals surface area (Å²) in [5.74, 6) is -0.0352. The van der Waals surface area contributed by atoms with E-state index in [2.05, 4.69) is 21.0 Å². The molecule has 2 heterocycles. The molecule has 0 bridgehead atoms. The van der Waals surface area contributed by atoms with Crippen LogP contribution < -0.4 is 0 Å². The number of aromatic nitrogens is 2. The molecule has 0 aliphatic heterocycles. The lowest BCUT2D eigenvalue weighted by atomic mass is 10.3. The number of para-hydroxylation sites is 1. The van der Waals surface area contributed by atoms with E-state index in [0.717, 1.165) is 19.9 Å². The molecule has 1 amide bonds. The Morgan fingerprint density at radius 3 is 2.79 bits per heavy atom. The zero-order chi connectivity index (χ0) is 16.9. The Balaban J connectivity index is 1.63. The Labute approximate surface area is 153 Å². The van der Waals surface area contributed by atoms with Crippen molar-refractivity contribution in [3.63, 3.8) is 0 Å². The number of hydrogen-bond acceptors (Lipinski definition) is 3. The molecule has 0 unspecified atom stereocenters. The van der Waals surface area contributed by atoms with Crippen molar-refractivity contribution < 1.29 is 4.79 Å². The van der Waals surface area contributed by atoms with Gasteiger partial charge in [0.1, 0.15) is 0 Å². The highest BCUT2D eigenvalue weighted by Crippen LogP contribution is 2.23. The lowest BCUT2D eigenvalue weighted by Gasteiger charge is -2.13. The summed E-state index contributed by atoms with van der Waals surface area (Å²) < 4.78 is 2.86. The highest BCUT2D eigenvalue weighted by atomic mass is 79.9. The second-order valence-electron chi connectivity index (χ2n) is 5.29. The van der Waals surface area contributed by atoms with Gasteiger partial charge in [-0.15, -0.1) is 11.3 Å². The number of rotatable bonds is 5. The first-order valence-corrected chi connectivity index (χ1v) is 9.00. The van der Waals surface area contributed by atoms with Crippen molar-refractivity contribution in [3.05, 3.63) is 75.2 Å². The first-order chi connectivity index (χ1) is 11.6. The van der Waals surface area contributed by atoms with Gasteiger partial charge in [0, 0.05) is 29.8 Å². The van der Waals surface area contributed by atoms with Gasteiger partial charge >= 0.3 is 0 Å². The molecule has 0 aliphatic rings. The van der Waals surface area contributed by atoms with E-state index >= 15 is 0 Å². The van der Waals surface area contributed by atoms with E-state index in [9.17, 15) is 4.79 Å². The van der Waals surface area contributed by atoms with E-state index in [1.807, 2.05) is 48.7 Å². The molecule has 0 fully saturated rings. The molecular weight excluding hydrogens is 386 g/mol. The maximum absolute atomic E-state index is 12.2. The van der Waals surface area contributed by atoms with Gasteiger partial charge in [-0.25, -0.2) is 4.68 Å². The molecule has 3 aromatic rings. The van der Waals surface area contributed by atoms with Gasteiger partial charge in [-0.3, -0.25) is 4.79 Å². The number of carbonyl (C=O) groups excluding carboxylic acids is 1. The van der Waals surface area contributed by atoms with Crippen molar-refractivity contribution in [2.45, 2.75) is 6.54 Å². The van der Waals surface area contributed by atoms with Crippen LogP contribution in [0, 0.1) is 0 Å². The van der Waals surface area contributed by atoms with Crippen molar-refractivity contribution in [1.29, 1.82) is 0 Å². The SMILES string of the molecule is CN(Cc1ccc(Br)s1)C(=O)/C=C/c1cnn(-c2ccccc2)c1. The number of nitrogens with zero attached hydrogens (tertiary/aromatic N) is 3. The average Bonchev–Trinajstić information content (AvgIpc) is 3.22. The Hall–Kier alpha value is -2.18. The van der Waals surface area contributed by atoms with Gasteiger partial charge in [-0.1, -0.05) is 18.2 Å². The van der Waals surface area contributed by atoms with Crippen LogP contribution in [0.25, 0.3) is 11.8 Å². The largest absolute Gasteiger partial charge is 0.337 e. The molecule has 2 aromatic heterocycles. The van der Waals surface area contributed by atoms with Crippen LogP contribution in [0.2, 0.25) is 0 Å². The Kier molecular flexibility index (Phi) is 5.27. The van der Waals surface area contributed by atoms with Crippen molar-refractivity contribution in [2.24, 2.45) is 0 Å². The maximum Gasteiger partial charge on any atom is 0.246 e. The summed E-state index contributed by atoms with van der Waals surface area (Å²) in [4.78, 5) is 15.0. The first kappa shape index (κ1) is 16.7. The number of benzene rings is 1. The normalized spacial score (nSPS) is 11.1. The predicted octanol–water partition coefficient (Wildman–Crippen LogP) is 4.37. The van der Waals surface area contributed by atoms with Gasteiger partial charge in [0.05, 0.1) is 22.2 Å². The number of amides is 1. The van der Waals surface area contributed by atoms with Crippen LogP contribution in [0.1, 0.15) is 10.4 Å². The molecule has 0 spiro atoms. The Morgan fingerprint density at radius 1 is 1.29 bits per heavy atom. The monoisotopic (exact) mass is 401 g/mol. The third-order valence-corrected chi connectivity index (χ3v) is 5.05. The van der Waals surface area contributed by atoms with Crippen molar-refractivity contribution in [1.82, 2.24) is 14.7 Å². The fourth-order valence-electron chi connectivity index (χ4n) is 2.19. The lowest BCUT2D eigenvalue weighted by Crippen LogP contribution is -2.23. The smallest absolute Gasteiger partial charge is 0.246 e. The molecule has 1 aromatic carbocycles. The molecular formula is C18H16BrN3OS. The molecule has 0 radical (unpaired) electrons. The van der Waals surface area contributed by atoms with Gasteiger partial charge in [0.15, 0.2) is 0 Å². The minimum absolute atomic E-state index is 0.0352. The van der Waals surface area contributed by atoms with E-state index in [0.29, 0.717) is 6.54 Å². The van der Waals surface area contributed by atoms with Crippen LogP contribution in [-0.4, -0.2) is 27.6 Å². The zero-order valence-electron chi connectivity index (χ0n) is 13.1. The fraction of sp³-hybridized carbons (Fsp3) is 0.111. The standard InChI is InChI=1S/C18H16BrN3OS/c1-21(13-16-8-9-17(19)24-16)18(23)10-7-14-11-20-22(12-14)15-5-3-2-4-6-15/h2-12H,13H2,1H3/b10-7+. The second kappa shape index (κ2) is 7.59. The van der Waals surface area contributed by atoms with E-state index in [4.69, 9.17) is 0 Å². The summed E-state index contributed by atoms with van der Waals surface area (Å²) in [6.45, 7) is 0.600. The van der Waals surface area contributed by atoms with Gasteiger partial charge in [-0.2, -0.15) is 5.10 Å². The molecule has 4 nitrogen and oxygen atoms in total. The van der Waals surface area contributed by atoms with Crippen LogP contribution in [-0.2, 0) is 11.3 Å². The number of thiophene rings is 1. The van der Waals surface area contributed by atoms with Crippen LogP contribution in [0.5, 0.6) is 0 Å². The van der Waals surface area contributed by atoms with Crippen LogP contribution in [0.3, 0.4) is 0 Å². The minimum atomic E-state index is -0.0352. The molecule has 122 valence electrons. The lowest BCUT2D eigenvalue weighted by molar-refractivity contribution is -0.125. The Bertz CT molecular complexity index is 854. The Morgan fingerprint density at radius 2 is 2.08 bits per heavy atom. The third-order valence-electron chi connectivity index (χ3n) is 3.44. The number of halogens is 1. The summed E-state index contributed by atoms with van der Waals surface area (Å²) in [6.07, 6.45) is 7.01.